The van der Waals surface area contributed by atoms with Crippen LogP contribution in [0.5, 0.6) is 0 Å². The van der Waals surface area contributed by atoms with Gasteiger partial charge in [-0.3, -0.25) is 4.90 Å². The highest BCUT2D eigenvalue weighted by Gasteiger charge is 2.42. The third kappa shape index (κ3) is 2.62. The van der Waals surface area contributed by atoms with E-state index in [9.17, 15) is 0 Å². The average Bonchev–Trinajstić information content (AvgIpc) is 2.42. The Hall–Kier alpha value is -1.27. The largest absolute Gasteiger partial charge is 0.369 e. The van der Waals surface area contributed by atoms with E-state index >= 15 is 0 Å². The number of rotatable bonds is 1. The first-order valence-corrected chi connectivity index (χ1v) is 8.14. The van der Waals surface area contributed by atoms with Gasteiger partial charge in [0.2, 0.25) is 11.9 Å². The Morgan fingerprint density at radius 1 is 1.19 bits per heavy atom. The number of nitrogens with zero attached hydrogens (tertiary/aromatic N) is 3. The second-order valence-corrected chi connectivity index (χ2v) is 6.68. The zero-order valence-electron chi connectivity index (χ0n) is 11.5. The maximum atomic E-state index is 6.22. The van der Waals surface area contributed by atoms with Crippen molar-refractivity contribution in [3.8, 4) is 0 Å². The first kappa shape index (κ1) is 14.7. The van der Waals surface area contributed by atoms with Crippen LogP contribution in [0.15, 0.2) is 32.7 Å². The summed E-state index contributed by atoms with van der Waals surface area (Å²) < 4.78 is 0.848. The van der Waals surface area contributed by atoms with E-state index < -0.39 is 5.66 Å². The third-order valence-electron chi connectivity index (χ3n) is 4.01. The Bertz CT molecular complexity index is 622. The lowest BCUT2D eigenvalue weighted by atomic mass is 9.87. The molecule has 1 heterocycles. The maximum Gasteiger partial charge on any atom is 0.220 e. The van der Waals surface area contributed by atoms with Crippen LogP contribution in [0, 0.1) is 0 Å². The molecule has 1 saturated carbocycles. The van der Waals surface area contributed by atoms with Crippen LogP contribution in [0.25, 0.3) is 0 Å². The van der Waals surface area contributed by atoms with Gasteiger partial charge in [0.05, 0.1) is 5.02 Å². The van der Waals surface area contributed by atoms with Crippen LogP contribution in [-0.2, 0) is 0 Å². The van der Waals surface area contributed by atoms with Gasteiger partial charge in [0, 0.05) is 10.2 Å². The molecule has 5 nitrogen and oxygen atoms in total. The van der Waals surface area contributed by atoms with E-state index in [1.165, 1.54) is 6.42 Å². The van der Waals surface area contributed by atoms with Gasteiger partial charge >= 0.3 is 0 Å². The zero-order chi connectivity index (χ0) is 15.0. The molecule has 2 aliphatic rings. The van der Waals surface area contributed by atoms with Crippen molar-refractivity contribution < 1.29 is 0 Å². The first-order valence-electron chi connectivity index (χ1n) is 6.97. The van der Waals surface area contributed by atoms with Crippen molar-refractivity contribution in [2.45, 2.75) is 37.8 Å². The number of benzene rings is 1. The Labute approximate surface area is 137 Å². The van der Waals surface area contributed by atoms with Gasteiger partial charge in [-0.1, -0.05) is 18.0 Å². The van der Waals surface area contributed by atoms with Gasteiger partial charge in [0.15, 0.2) is 0 Å². The minimum absolute atomic E-state index is 0.258. The standard InChI is InChI=1S/C14H17BrClN5/c15-10-5-4-9(8-11(10)16)21-13(18)19-12(17)20-14(21)6-2-1-3-7-14/h4-5,8H,1-3,6-7H2,(H4,17,18,19,20). The fourth-order valence-corrected chi connectivity index (χ4v) is 3.54. The van der Waals surface area contributed by atoms with E-state index in [0.29, 0.717) is 11.0 Å². The summed E-state index contributed by atoms with van der Waals surface area (Å²) in [5.74, 6) is 0.636. The molecule has 1 aliphatic heterocycles. The fourth-order valence-electron chi connectivity index (χ4n) is 3.12. The topological polar surface area (TPSA) is 80.0 Å². The van der Waals surface area contributed by atoms with E-state index in [0.717, 1.165) is 35.8 Å². The second kappa shape index (κ2) is 5.50. The van der Waals surface area contributed by atoms with Gasteiger partial charge in [0.25, 0.3) is 0 Å². The SMILES string of the molecule is NC1=NC2(CCCCC2)N(c2ccc(Br)c(Cl)c2)C(N)=N1. The molecular weight excluding hydrogens is 354 g/mol. The average molecular weight is 371 g/mol. The van der Waals surface area contributed by atoms with Gasteiger partial charge < -0.3 is 11.5 Å². The van der Waals surface area contributed by atoms with Crippen LogP contribution in [0.1, 0.15) is 32.1 Å². The minimum atomic E-state index is -0.425. The molecule has 0 radical (unpaired) electrons. The molecule has 1 aliphatic carbocycles. The molecule has 3 rings (SSSR count). The molecule has 0 amide bonds. The summed E-state index contributed by atoms with van der Waals surface area (Å²) in [7, 11) is 0. The predicted molar refractivity (Wildman–Crippen MR) is 90.7 cm³/mol. The van der Waals surface area contributed by atoms with Crippen molar-refractivity contribution in [2.24, 2.45) is 21.5 Å². The van der Waals surface area contributed by atoms with E-state index in [1.54, 1.807) is 0 Å². The normalized spacial score (nSPS) is 21.1. The van der Waals surface area contributed by atoms with Crippen molar-refractivity contribution >= 4 is 45.1 Å². The number of aliphatic imine (C=N–C) groups is 2. The number of hydrogen-bond donors (Lipinski definition) is 2. The fraction of sp³-hybridized carbons (Fsp3) is 0.429. The molecule has 0 unspecified atom stereocenters. The number of guanidine groups is 2. The summed E-state index contributed by atoms with van der Waals surface area (Å²) in [4.78, 5) is 10.7. The second-order valence-electron chi connectivity index (χ2n) is 5.42. The van der Waals surface area contributed by atoms with E-state index in [4.69, 9.17) is 23.1 Å². The van der Waals surface area contributed by atoms with Crippen LogP contribution >= 0.6 is 27.5 Å². The summed E-state index contributed by atoms with van der Waals surface area (Å²) in [6.07, 6.45) is 5.24. The van der Waals surface area contributed by atoms with Crippen LogP contribution in [0.4, 0.5) is 5.69 Å². The van der Waals surface area contributed by atoms with Crippen molar-refractivity contribution in [3.63, 3.8) is 0 Å². The van der Waals surface area contributed by atoms with Gasteiger partial charge in [-0.15, -0.1) is 0 Å². The van der Waals surface area contributed by atoms with Gasteiger partial charge in [-0.2, -0.15) is 4.99 Å². The first-order chi connectivity index (χ1) is 10.0. The molecule has 7 heteroatoms. The number of hydrogen-bond acceptors (Lipinski definition) is 5. The molecule has 21 heavy (non-hydrogen) atoms. The predicted octanol–water partition coefficient (Wildman–Crippen LogP) is 3.21. The summed E-state index contributed by atoms with van der Waals surface area (Å²) in [6, 6.07) is 5.75. The zero-order valence-corrected chi connectivity index (χ0v) is 13.9. The number of anilines is 1. The summed E-state index contributed by atoms with van der Waals surface area (Å²) in [6.45, 7) is 0. The highest BCUT2D eigenvalue weighted by Crippen LogP contribution is 2.40. The highest BCUT2D eigenvalue weighted by molar-refractivity contribution is 9.10. The van der Waals surface area contributed by atoms with Crippen molar-refractivity contribution in [1.29, 1.82) is 0 Å². The summed E-state index contributed by atoms with van der Waals surface area (Å²) >= 11 is 9.63. The molecule has 4 N–H and O–H groups in total. The molecule has 0 bridgehead atoms. The van der Waals surface area contributed by atoms with Crippen LogP contribution in [0.2, 0.25) is 5.02 Å². The molecule has 1 aromatic carbocycles. The molecule has 112 valence electrons. The van der Waals surface area contributed by atoms with Gasteiger partial charge in [-0.25, -0.2) is 4.99 Å². The highest BCUT2D eigenvalue weighted by atomic mass is 79.9. The van der Waals surface area contributed by atoms with Crippen LogP contribution in [-0.4, -0.2) is 17.6 Å². The molecule has 1 spiro atoms. The lowest BCUT2D eigenvalue weighted by Gasteiger charge is -2.45. The maximum absolute atomic E-state index is 6.22. The van der Waals surface area contributed by atoms with E-state index in [-0.39, 0.29) is 5.96 Å². The van der Waals surface area contributed by atoms with Crippen LogP contribution < -0.4 is 16.4 Å². The monoisotopic (exact) mass is 369 g/mol. The van der Waals surface area contributed by atoms with E-state index in [1.807, 2.05) is 23.1 Å². The molecular formula is C14H17BrClN5. The van der Waals surface area contributed by atoms with Crippen molar-refractivity contribution in [3.05, 3.63) is 27.7 Å². The molecule has 0 aromatic heterocycles. The minimum Gasteiger partial charge on any atom is -0.369 e. The van der Waals surface area contributed by atoms with Crippen molar-refractivity contribution in [1.82, 2.24) is 0 Å². The Balaban J connectivity index is 2.08. The van der Waals surface area contributed by atoms with Gasteiger partial charge in [-0.05, 0) is 59.8 Å². The van der Waals surface area contributed by atoms with Gasteiger partial charge in [0.1, 0.15) is 5.66 Å². The smallest absolute Gasteiger partial charge is 0.220 e. The Morgan fingerprint density at radius 2 is 1.90 bits per heavy atom. The number of halogens is 2. The molecule has 0 atom stereocenters. The quantitative estimate of drug-likeness (QED) is 0.796. The summed E-state index contributed by atoms with van der Waals surface area (Å²) in [5.41, 5.74) is 12.5. The molecule has 1 fully saturated rings. The Kier molecular flexibility index (Phi) is 3.84. The molecule has 0 saturated heterocycles. The van der Waals surface area contributed by atoms with Crippen LogP contribution in [0.3, 0.4) is 0 Å². The van der Waals surface area contributed by atoms with E-state index in [2.05, 4.69) is 25.9 Å². The Morgan fingerprint density at radius 3 is 2.57 bits per heavy atom. The lowest BCUT2D eigenvalue weighted by Crippen LogP contribution is -2.58. The lowest BCUT2D eigenvalue weighted by molar-refractivity contribution is 0.305. The summed E-state index contributed by atoms with van der Waals surface area (Å²) in [5, 5.41) is 0.633. The number of nitrogens with two attached hydrogens (primary N) is 2. The van der Waals surface area contributed by atoms with Crippen molar-refractivity contribution in [2.75, 3.05) is 4.90 Å². The third-order valence-corrected chi connectivity index (χ3v) is 5.25. The molecule has 1 aromatic rings.